The van der Waals surface area contributed by atoms with Crippen molar-refractivity contribution in [2.24, 2.45) is 0 Å². The number of nitrogens with one attached hydrogen (secondary N) is 1. The molecule has 0 radical (unpaired) electrons. The number of hydrogen-bond acceptors (Lipinski definition) is 4. The molecule has 0 fully saturated rings. The number of rotatable bonds is 5. The van der Waals surface area contributed by atoms with Crippen molar-refractivity contribution in [3.63, 3.8) is 0 Å². The molecular weight excluding hydrogens is 209 g/mol. The largest absolute Gasteiger partial charge is 0.459 e. The Labute approximate surface area is 94.3 Å². The number of aromatic nitrogens is 2. The fraction of sp³-hybridized carbons (Fsp3) is 0.455. The van der Waals surface area contributed by atoms with Crippen molar-refractivity contribution >= 4 is 5.95 Å². The van der Waals surface area contributed by atoms with Crippen molar-refractivity contribution in [3.8, 4) is 18.2 Å². The molecule has 0 aromatic carbocycles. The lowest BCUT2D eigenvalue weighted by molar-refractivity contribution is 0.253. The van der Waals surface area contributed by atoms with Gasteiger partial charge < -0.3 is 10.1 Å². The van der Waals surface area contributed by atoms with Crippen molar-refractivity contribution < 1.29 is 9.13 Å². The number of hydrogen-bond donors (Lipinski definition) is 1. The van der Waals surface area contributed by atoms with E-state index >= 15 is 0 Å². The second-order valence-electron chi connectivity index (χ2n) is 3.20. The molecule has 1 N–H and O–H groups in total. The number of anilines is 1. The predicted octanol–water partition coefficient (Wildman–Crippen LogP) is 1.84. The highest BCUT2D eigenvalue weighted by molar-refractivity contribution is 5.28. The lowest BCUT2D eigenvalue weighted by Gasteiger charge is -2.10. The Morgan fingerprint density at radius 2 is 2.44 bits per heavy atom. The zero-order chi connectivity index (χ0) is 12.0. The van der Waals surface area contributed by atoms with Crippen molar-refractivity contribution in [1.82, 2.24) is 9.97 Å². The van der Waals surface area contributed by atoms with Gasteiger partial charge in [-0.25, -0.2) is 4.98 Å². The third-order valence-electron chi connectivity index (χ3n) is 1.77. The van der Waals surface area contributed by atoms with E-state index in [1.54, 1.807) is 6.92 Å². The molecular formula is C11H14FN3O. The molecule has 4 nitrogen and oxygen atoms in total. The van der Waals surface area contributed by atoms with Crippen LogP contribution in [0.2, 0.25) is 0 Å². The van der Waals surface area contributed by atoms with E-state index in [0.29, 0.717) is 5.95 Å². The molecule has 0 aliphatic rings. The van der Waals surface area contributed by atoms with Crippen LogP contribution in [0, 0.1) is 18.2 Å². The first-order valence-electron chi connectivity index (χ1n) is 5.06. The second kappa shape index (κ2) is 5.91. The molecule has 0 aliphatic carbocycles. The number of nitrogens with zero attached hydrogens (tertiary/aromatic N) is 2. The summed E-state index contributed by atoms with van der Waals surface area (Å²) in [6.45, 7) is 4.37. The van der Waals surface area contributed by atoms with Gasteiger partial charge in [-0.15, -0.1) is 6.42 Å². The Morgan fingerprint density at radius 3 is 3.06 bits per heavy atom. The molecule has 0 saturated carbocycles. The van der Waals surface area contributed by atoms with Gasteiger partial charge in [0.25, 0.3) is 5.88 Å². The van der Waals surface area contributed by atoms with Crippen LogP contribution >= 0.6 is 0 Å². The van der Waals surface area contributed by atoms with Gasteiger partial charge in [0.1, 0.15) is 0 Å². The van der Waals surface area contributed by atoms with Crippen LogP contribution in [-0.2, 0) is 0 Å². The van der Waals surface area contributed by atoms with Crippen LogP contribution in [0.15, 0.2) is 6.20 Å². The highest BCUT2D eigenvalue weighted by atomic mass is 19.1. The van der Waals surface area contributed by atoms with Crippen LogP contribution in [0.1, 0.15) is 20.3 Å². The normalized spacial score (nSPS) is 11.6. The average Bonchev–Trinajstić information content (AvgIpc) is 2.30. The molecule has 16 heavy (non-hydrogen) atoms. The van der Waals surface area contributed by atoms with Crippen molar-refractivity contribution in [2.45, 2.75) is 26.4 Å². The number of ether oxygens (including phenoxy) is 1. The van der Waals surface area contributed by atoms with Gasteiger partial charge in [0, 0.05) is 6.54 Å². The van der Waals surface area contributed by atoms with Crippen LogP contribution in [0.4, 0.5) is 10.3 Å². The van der Waals surface area contributed by atoms with E-state index in [1.165, 1.54) is 0 Å². The van der Waals surface area contributed by atoms with Gasteiger partial charge in [-0.05, 0) is 13.3 Å². The fourth-order valence-corrected chi connectivity index (χ4v) is 0.958. The zero-order valence-electron chi connectivity index (χ0n) is 9.33. The minimum absolute atomic E-state index is 0.126. The summed E-state index contributed by atoms with van der Waals surface area (Å²) in [5.41, 5.74) is 0. The molecule has 1 rings (SSSR count). The lowest BCUT2D eigenvalue weighted by Crippen LogP contribution is -2.12. The summed E-state index contributed by atoms with van der Waals surface area (Å²) in [6, 6.07) is 0. The maximum atomic E-state index is 13.2. The van der Waals surface area contributed by atoms with Crippen LogP contribution in [0.5, 0.6) is 5.88 Å². The Balaban J connectivity index is 2.78. The van der Waals surface area contributed by atoms with Gasteiger partial charge in [0.05, 0.1) is 6.20 Å². The first kappa shape index (κ1) is 12.2. The average molecular weight is 223 g/mol. The topological polar surface area (TPSA) is 47.0 Å². The summed E-state index contributed by atoms with van der Waals surface area (Å²) in [6.07, 6.45) is 6.59. The molecule has 0 bridgehead atoms. The van der Waals surface area contributed by atoms with Crippen LogP contribution < -0.4 is 10.1 Å². The Kier molecular flexibility index (Phi) is 4.52. The maximum absolute atomic E-state index is 13.2. The highest BCUT2D eigenvalue weighted by Crippen LogP contribution is 2.15. The van der Waals surface area contributed by atoms with Crippen molar-refractivity contribution in [1.29, 1.82) is 0 Å². The van der Waals surface area contributed by atoms with E-state index in [0.717, 1.165) is 19.2 Å². The summed E-state index contributed by atoms with van der Waals surface area (Å²) in [7, 11) is 0. The summed E-state index contributed by atoms with van der Waals surface area (Å²) in [5, 5.41) is 2.93. The molecule has 86 valence electrons. The molecule has 0 saturated heterocycles. The van der Waals surface area contributed by atoms with Crippen molar-refractivity contribution in [2.75, 3.05) is 11.9 Å². The Morgan fingerprint density at radius 1 is 1.69 bits per heavy atom. The monoisotopic (exact) mass is 223 g/mol. The summed E-state index contributed by atoms with van der Waals surface area (Å²) in [5.74, 6) is 1.92. The van der Waals surface area contributed by atoms with Gasteiger partial charge in [-0.3, -0.25) is 0 Å². The molecule has 1 atom stereocenters. The van der Waals surface area contributed by atoms with E-state index in [9.17, 15) is 4.39 Å². The predicted molar refractivity (Wildman–Crippen MR) is 59.7 cm³/mol. The first-order chi connectivity index (χ1) is 7.67. The van der Waals surface area contributed by atoms with Gasteiger partial charge in [-0.1, -0.05) is 12.8 Å². The van der Waals surface area contributed by atoms with E-state index in [4.69, 9.17) is 11.2 Å². The van der Waals surface area contributed by atoms with E-state index < -0.39 is 11.9 Å². The number of terminal acetylenes is 1. The second-order valence-corrected chi connectivity index (χ2v) is 3.20. The molecule has 1 heterocycles. The van der Waals surface area contributed by atoms with Gasteiger partial charge in [0.2, 0.25) is 11.8 Å². The first-order valence-corrected chi connectivity index (χ1v) is 5.06. The van der Waals surface area contributed by atoms with Crippen LogP contribution in [0.3, 0.4) is 0 Å². The maximum Gasteiger partial charge on any atom is 0.256 e. The molecule has 1 aromatic rings. The van der Waals surface area contributed by atoms with E-state index in [-0.39, 0.29) is 5.88 Å². The van der Waals surface area contributed by atoms with Gasteiger partial charge in [-0.2, -0.15) is 9.37 Å². The Hall–Kier alpha value is -1.83. The van der Waals surface area contributed by atoms with Crippen molar-refractivity contribution in [3.05, 3.63) is 12.0 Å². The number of halogens is 1. The van der Waals surface area contributed by atoms with Crippen LogP contribution in [-0.4, -0.2) is 22.6 Å². The minimum Gasteiger partial charge on any atom is -0.459 e. The standard InChI is InChI=1S/C11H14FN3O/c1-4-6-13-11-14-7-9(12)10(15-11)16-8(3)5-2/h2,7-8H,4,6H2,1,3H3,(H,13,14,15). The Bertz CT molecular complexity index is 389. The highest BCUT2D eigenvalue weighted by Gasteiger charge is 2.10. The van der Waals surface area contributed by atoms with E-state index in [1.807, 2.05) is 6.92 Å². The third kappa shape index (κ3) is 3.39. The minimum atomic E-state index is -0.621. The summed E-state index contributed by atoms with van der Waals surface area (Å²) < 4.78 is 18.4. The molecule has 0 spiro atoms. The van der Waals surface area contributed by atoms with Gasteiger partial charge >= 0.3 is 0 Å². The molecule has 5 heteroatoms. The summed E-state index contributed by atoms with van der Waals surface area (Å²) >= 11 is 0. The molecule has 1 aromatic heterocycles. The molecule has 0 amide bonds. The SMILES string of the molecule is C#CC(C)Oc1nc(NCCC)ncc1F. The molecule has 1 unspecified atom stereocenters. The lowest BCUT2D eigenvalue weighted by atomic mass is 10.4. The van der Waals surface area contributed by atoms with E-state index in [2.05, 4.69) is 21.2 Å². The van der Waals surface area contributed by atoms with Gasteiger partial charge in [0.15, 0.2) is 6.10 Å². The zero-order valence-corrected chi connectivity index (χ0v) is 9.33. The molecule has 0 aliphatic heterocycles. The quantitative estimate of drug-likeness (QED) is 0.774. The third-order valence-corrected chi connectivity index (χ3v) is 1.77. The summed E-state index contributed by atoms with van der Waals surface area (Å²) in [4.78, 5) is 7.66. The smallest absolute Gasteiger partial charge is 0.256 e. The van der Waals surface area contributed by atoms with Crippen LogP contribution in [0.25, 0.3) is 0 Å². The fourth-order valence-electron chi connectivity index (χ4n) is 0.958.